The van der Waals surface area contributed by atoms with Crippen molar-refractivity contribution in [2.24, 2.45) is 0 Å². The number of hydrogen-bond acceptors (Lipinski definition) is 2. The van der Waals surface area contributed by atoms with Gasteiger partial charge in [0.05, 0.1) is 18.8 Å². The van der Waals surface area contributed by atoms with Gasteiger partial charge in [0.25, 0.3) is 0 Å². The van der Waals surface area contributed by atoms with Crippen LogP contribution < -0.4 is 0 Å². The molecule has 0 aliphatic carbocycles. The van der Waals surface area contributed by atoms with Gasteiger partial charge in [0, 0.05) is 0 Å². The van der Waals surface area contributed by atoms with Gasteiger partial charge in [-0.25, -0.2) is 0 Å². The third kappa shape index (κ3) is 1.56. The molecule has 0 amide bonds. The Morgan fingerprint density at radius 3 is 2.64 bits per heavy atom. The number of ether oxygens (including phenoxy) is 1. The smallest absolute Gasteiger partial charge is 0.0840 e. The van der Waals surface area contributed by atoms with Gasteiger partial charge in [-0.1, -0.05) is 12.1 Å². The molecule has 1 heterocycles. The fourth-order valence-corrected chi connectivity index (χ4v) is 1.84. The molecule has 0 unspecified atom stereocenters. The van der Waals surface area contributed by atoms with Crippen LogP contribution in [0.3, 0.4) is 0 Å². The third-order valence-electron chi connectivity index (χ3n) is 2.78. The highest BCUT2D eigenvalue weighted by Crippen LogP contribution is 2.29. The summed E-state index contributed by atoms with van der Waals surface area (Å²) in [5.41, 5.74) is 3.94. The first-order valence-corrected chi connectivity index (χ1v) is 4.91. The zero-order chi connectivity index (χ0) is 10.3. The normalized spacial score (nSPS) is 15.7. The second-order valence-corrected chi connectivity index (χ2v) is 4.48. The molecule has 0 spiro atoms. The van der Waals surface area contributed by atoms with E-state index in [1.165, 1.54) is 16.7 Å². The number of hydrogen-bond donors (Lipinski definition) is 1. The van der Waals surface area contributed by atoms with E-state index >= 15 is 0 Å². The molecule has 1 N–H and O–H groups in total. The number of benzene rings is 1. The van der Waals surface area contributed by atoms with Gasteiger partial charge in [0.15, 0.2) is 0 Å². The van der Waals surface area contributed by atoms with E-state index in [2.05, 4.69) is 13.0 Å². The van der Waals surface area contributed by atoms with Crippen molar-refractivity contribution in [2.45, 2.75) is 39.6 Å². The molecule has 0 aromatic heterocycles. The predicted octanol–water partition coefficient (Wildman–Crippen LogP) is 2.25. The number of rotatable bonds is 1. The fraction of sp³-hybridized carbons (Fsp3) is 0.500. The Morgan fingerprint density at radius 2 is 2.00 bits per heavy atom. The summed E-state index contributed by atoms with van der Waals surface area (Å²) in [5.74, 6) is 0. The second kappa shape index (κ2) is 3.07. The Morgan fingerprint density at radius 1 is 1.29 bits per heavy atom. The monoisotopic (exact) mass is 192 g/mol. The Labute approximate surface area is 84.5 Å². The minimum atomic E-state index is -0.762. The van der Waals surface area contributed by atoms with Crippen molar-refractivity contribution in [2.75, 3.05) is 0 Å². The molecule has 0 saturated carbocycles. The van der Waals surface area contributed by atoms with Crippen molar-refractivity contribution in [3.05, 3.63) is 34.4 Å². The summed E-state index contributed by atoms with van der Waals surface area (Å²) in [4.78, 5) is 0. The van der Waals surface area contributed by atoms with Gasteiger partial charge in [-0.3, -0.25) is 0 Å². The Hall–Kier alpha value is -0.860. The maximum atomic E-state index is 9.90. The van der Waals surface area contributed by atoms with E-state index in [0.29, 0.717) is 13.2 Å². The molecule has 0 fully saturated rings. The summed E-state index contributed by atoms with van der Waals surface area (Å²) in [6.07, 6.45) is 0. The molecule has 1 aromatic carbocycles. The second-order valence-electron chi connectivity index (χ2n) is 4.48. The van der Waals surface area contributed by atoms with Crippen molar-refractivity contribution < 1.29 is 9.84 Å². The van der Waals surface area contributed by atoms with E-state index in [1.807, 2.05) is 19.9 Å². The molecule has 0 atom stereocenters. The van der Waals surface area contributed by atoms with Gasteiger partial charge in [-0.2, -0.15) is 0 Å². The van der Waals surface area contributed by atoms with Crippen LogP contribution in [0.15, 0.2) is 12.1 Å². The fourth-order valence-electron chi connectivity index (χ4n) is 1.84. The number of aryl methyl sites for hydroxylation is 1. The lowest BCUT2D eigenvalue weighted by Gasteiger charge is -2.19. The molecule has 1 aliphatic rings. The van der Waals surface area contributed by atoms with Crippen molar-refractivity contribution in [3.63, 3.8) is 0 Å². The van der Waals surface area contributed by atoms with Crippen LogP contribution in [0.1, 0.15) is 36.1 Å². The lowest BCUT2D eigenvalue weighted by Crippen LogP contribution is -2.16. The quantitative estimate of drug-likeness (QED) is 0.739. The highest BCUT2D eigenvalue weighted by atomic mass is 16.5. The largest absolute Gasteiger partial charge is 0.386 e. The van der Waals surface area contributed by atoms with Gasteiger partial charge in [0.1, 0.15) is 0 Å². The summed E-state index contributed by atoms with van der Waals surface area (Å²) in [6, 6.07) is 4.10. The van der Waals surface area contributed by atoms with Crippen molar-refractivity contribution in [1.82, 2.24) is 0 Å². The van der Waals surface area contributed by atoms with E-state index in [9.17, 15) is 5.11 Å². The average Bonchev–Trinajstić information content (AvgIpc) is 2.50. The van der Waals surface area contributed by atoms with E-state index in [4.69, 9.17) is 4.74 Å². The Balaban J connectivity index is 2.52. The van der Waals surface area contributed by atoms with Gasteiger partial charge < -0.3 is 9.84 Å². The lowest BCUT2D eigenvalue weighted by atomic mass is 9.92. The summed E-state index contributed by atoms with van der Waals surface area (Å²) >= 11 is 0. The lowest BCUT2D eigenvalue weighted by molar-refractivity contribution is 0.0783. The molecular weight excluding hydrogens is 176 g/mol. The van der Waals surface area contributed by atoms with Crippen LogP contribution in [-0.2, 0) is 23.6 Å². The molecule has 1 aliphatic heterocycles. The molecule has 2 rings (SSSR count). The van der Waals surface area contributed by atoms with E-state index in [0.717, 1.165) is 5.56 Å². The average molecular weight is 192 g/mol. The van der Waals surface area contributed by atoms with E-state index < -0.39 is 5.60 Å². The van der Waals surface area contributed by atoms with Crippen LogP contribution in [0.2, 0.25) is 0 Å². The molecule has 0 saturated heterocycles. The minimum Gasteiger partial charge on any atom is -0.386 e. The first-order valence-electron chi connectivity index (χ1n) is 4.91. The molecule has 0 bridgehead atoms. The molecule has 1 aromatic rings. The standard InChI is InChI=1S/C12H16O2/c1-8-4-10(12(2,3)13)5-9-6-14-7-11(8)9/h4-5,13H,6-7H2,1-3H3. The first-order chi connectivity index (χ1) is 6.48. The summed E-state index contributed by atoms with van der Waals surface area (Å²) in [6.45, 7) is 7.09. The van der Waals surface area contributed by atoms with E-state index in [-0.39, 0.29) is 0 Å². The van der Waals surface area contributed by atoms with Crippen LogP contribution in [-0.4, -0.2) is 5.11 Å². The van der Waals surface area contributed by atoms with Crippen molar-refractivity contribution in [3.8, 4) is 0 Å². The minimum absolute atomic E-state index is 0.681. The van der Waals surface area contributed by atoms with E-state index in [1.54, 1.807) is 0 Å². The molecule has 0 radical (unpaired) electrons. The van der Waals surface area contributed by atoms with Crippen LogP contribution in [0.4, 0.5) is 0 Å². The highest BCUT2D eigenvalue weighted by Gasteiger charge is 2.21. The first kappa shape index (κ1) is 9.69. The zero-order valence-electron chi connectivity index (χ0n) is 8.92. The number of aliphatic hydroxyl groups is 1. The molecular formula is C12H16O2. The third-order valence-corrected chi connectivity index (χ3v) is 2.78. The highest BCUT2D eigenvalue weighted by molar-refractivity contribution is 5.41. The van der Waals surface area contributed by atoms with Crippen LogP contribution in [0, 0.1) is 6.92 Å². The summed E-state index contributed by atoms with van der Waals surface area (Å²) in [5, 5.41) is 9.90. The SMILES string of the molecule is Cc1cc(C(C)(C)O)cc2c1COC2. The summed E-state index contributed by atoms with van der Waals surface area (Å²) < 4.78 is 5.38. The Kier molecular flexibility index (Phi) is 2.13. The summed E-state index contributed by atoms with van der Waals surface area (Å²) in [7, 11) is 0. The van der Waals surface area contributed by atoms with Crippen LogP contribution >= 0.6 is 0 Å². The van der Waals surface area contributed by atoms with Gasteiger partial charge in [-0.05, 0) is 43.0 Å². The maximum Gasteiger partial charge on any atom is 0.0840 e. The topological polar surface area (TPSA) is 29.5 Å². The zero-order valence-corrected chi connectivity index (χ0v) is 8.92. The van der Waals surface area contributed by atoms with Crippen LogP contribution in [0.25, 0.3) is 0 Å². The molecule has 2 heteroatoms. The maximum absolute atomic E-state index is 9.90. The van der Waals surface area contributed by atoms with Gasteiger partial charge >= 0.3 is 0 Å². The van der Waals surface area contributed by atoms with Gasteiger partial charge in [-0.15, -0.1) is 0 Å². The van der Waals surface area contributed by atoms with Crippen LogP contribution in [0.5, 0.6) is 0 Å². The molecule has 76 valence electrons. The molecule has 14 heavy (non-hydrogen) atoms. The predicted molar refractivity (Wildman–Crippen MR) is 54.9 cm³/mol. The number of fused-ring (bicyclic) bond motifs is 1. The van der Waals surface area contributed by atoms with Crippen molar-refractivity contribution in [1.29, 1.82) is 0 Å². The molecule has 2 nitrogen and oxygen atoms in total. The van der Waals surface area contributed by atoms with Crippen molar-refractivity contribution >= 4 is 0 Å². The van der Waals surface area contributed by atoms with Gasteiger partial charge in [0.2, 0.25) is 0 Å². The Bertz CT molecular complexity index is 361.